The maximum Gasteiger partial charge on any atom is 0.107 e. The third-order valence-electron chi connectivity index (χ3n) is 1.77. The van der Waals surface area contributed by atoms with Crippen LogP contribution in [0.5, 0.6) is 0 Å². The van der Waals surface area contributed by atoms with Crippen molar-refractivity contribution >= 4 is 22.7 Å². The Morgan fingerprint density at radius 1 is 1.50 bits per heavy atom. The molecule has 0 aliphatic heterocycles. The highest BCUT2D eigenvalue weighted by Gasteiger charge is 2.05. The van der Waals surface area contributed by atoms with Crippen LogP contribution in [-0.2, 0) is 6.42 Å². The lowest BCUT2D eigenvalue weighted by atomic mass is 10.4. The van der Waals surface area contributed by atoms with Crippen LogP contribution < -0.4 is 0 Å². The highest BCUT2D eigenvalue weighted by atomic mass is 32.1. The van der Waals surface area contributed by atoms with Crippen molar-refractivity contribution in [2.24, 2.45) is 0 Å². The highest BCUT2D eigenvalue weighted by molar-refractivity contribution is 7.16. The molecule has 0 N–H and O–H groups in total. The Morgan fingerprint density at radius 3 is 3.00 bits per heavy atom. The van der Waals surface area contributed by atoms with E-state index in [1.54, 1.807) is 22.7 Å². The van der Waals surface area contributed by atoms with E-state index in [4.69, 9.17) is 5.26 Å². The Kier molecular flexibility index (Phi) is 2.62. The number of thiazole rings is 1. The molecule has 0 saturated heterocycles. The van der Waals surface area contributed by atoms with Crippen LogP contribution in [0.4, 0.5) is 0 Å². The van der Waals surface area contributed by atoms with Crippen molar-refractivity contribution in [2.45, 2.75) is 13.3 Å². The summed E-state index contributed by atoms with van der Waals surface area (Å²) in [6.07, 6.45) is 0.412. The molecule has 2 aromatic rings. The summed E-state index contributed by atoms with van der Waals surface area (Å²) in [6, 6.07) is 6.27. The van der Waals surface area contributed by atoms with Crippen LogP contribution in [0.2, 0.25) is 0 Å². The van der Waals surface area contributed by atoms with E-state index in [2.05, 4.69) is 30.1 Å². The standard InChI is InChI=1S/C10H8N2S2/c1-7-2-3-9(14-7)8-6-13-10(12-8)4-5-11/h2-3,6H,4H2,1H3. The lowest BCUT2D eigenvalue weighted by Crippen LogP contribution is -1.78. The molecule has 2 nitrogen and oxygen atoms in total. The summed E-state index contributed by atoms with van der Waals surface area (Å²) in [6.45, 7) is 2.08. The van der Waals surface area contributed by atoms with E-state index in [0.717, 1.165) is 10.7 Å². The van der Waals surface area contributed by atoms with Gasteiger partial charge in [0.15, 0.2) is 0 Å². The van der Waals surface area contributed by atoms with Gasteiger partial charge >= 0.3 is 0 Å². The Hall–Kier alpha value is -1.18. The average molecular weight is 220 g/mol. The molecule has 0 unspecified atom stereocenters. The van der Waals surface area contributed by atoms with Gasteiger partial charge in [-0.15, -0.1) is 22.7 Å². The van der Waals surface area contributed by atoms with Crippen molar-refractivity contribution in [1.82, 2.24) is 4.98 Å². The van der Waals surface area contributed by atoms with E-state index in [-0.39, 0.29) is 0 Å². The van der Waals surface area contributed by atoms with E-state index in [9.17, 15) is 0 Å². The van der Waals surface area contributed by atoms with Gasteiger partial charge in [-0.3, -0.25) is 0 Å². The summed E-state index contributed by atoms with van der Waals surface area (Å²) in [5.74, 6) is 0. The van der Waals surface area contributed by atoms with Gasteiger partial charge in [-0.05, 0) is 19.1 Å². The molecule has 0 bridgehead atoms. The zero-order chi connectivity index (χ0) is 9.97. The predicted molar refractivity (Wildman–Crippen MR) is 59.5 cm³/mol. The van der Waals surface area contributed by atoms with Gasteiger partial charge in [0.2, 0.25) is 0 Å². The molecular formula is C10H8N2S2. The quantitative estimate of drug-likeness (QED) is 0.779. The minimum atomic E-state index is 0.412. The lowest BCUT2D eigenvalue weighted by Gasteiger charge is -1.87. The minimum absolute atomic E-state index is 0.412. The fourth-order valence-corrected chi connectivity index (χ4v) is 2.77. The Balaban J connectivity index is 2.30. The fraction of sp³-hybridized carbons (Fsp3) is 0.200. The lowest BCUT2D eigenvalue weighted by molar-refractivity contribution is 1.19. The molecule has 0 aromatic carbocycles. The predicted octanol–water partition coefficient (Wildman–Crippen LogP) is 3.25. The smallest absolute Gasteiger partial charge is 0.107 e. The molecule has 0 radical (unpaired) electrons. The van der Waals surface area contributed by atoms with Crippen molar-refractivity contribution < 1.29 is 0 Å². The second-order valence-electron chi connectivity index (χ2n) is 2.87. The Bertz CT molecular complexity index is 476. The van der Waals surface area contributed by atoms with Crippen molar-refractivity contribution in [3.05, 3.63) is 27.4 Å². The zero-order valence-corrected chi connectivity index (χ0v) is 9.28. The normalized spacial score (nSPS) is 10.0. The monoisotopic (exact) mass is 220 g/mol. The molecule has 0 fully saturated rings. The van der Waals surface area contributed by atoms with Crippen LogP contribution in [0, 0.1) is 18.3 Å². The molecule has 0 saturated carbocycles. The molecule has 0 amide bonds. The Morgan fingerprint density at radius 2 is 2.36 bits per heavy atom. The maximum absolute atomic E-state index is 8.52. The van der Waals surface area contributed by atoms with Gasteiger partial charge in [0, 0.05) is 10.3 Å². The summed E-state index contributed by atoms with van der Waals surface area (Å²) < 4.78 is 0. The number of nitrogens with zero attached hydrogens (tertiary/aromatic N) is 2. The van der Waals surface area contributed by atoms with Crippen LogP contribution in [0.25, 0.3) is 10.6 Å². The molecule has 2 aromatic heterocycles. The molecule has 4 heteroatoms. The number of aryl methyl sites for hydroxylation is 1. The first-order valence-electron chi connectivity index (χ1n) is 4.18. The summed E-state index contributed by atoms with van der Waals surface area (Å²) in [4.78, 5) is 6.86. The second kappa shape index (κ2) is 3.91. The molecule has 0 spiro atoms. The molecule has 2 heterocycles. The molecular weight excluding hydrogens is 212 g/mol. The van der Waals surface area contributed by atoms with Gasteiger partial charge < -0.3 is 0 Å². The van der Waals surface area contributed by atoms with Crippen molar-refractivity contribution in [3.63, 3.8) is 0 Å². The van der Waals surface area contributed by atoms with Gasteiger partial charge in [-0.25, -0.2) is 4.98 Å². The molecule has 2 rings (SSSR count). The van der Waals surface area contributed by atoms with Gasteiger partial charge in [0.1, 0.15) is 5.01 Å². The van der Waals surface area contributed by atoms with Gasteiger partial charge in [0.05, 0.1) is 23.1 Å². The summed E-state index contributed by atoms with van der Waals surface area (Å²) in [7, 11) is 0. The molecule has 70 valence electrons. The number of nitriles is 1. The van der Waals surface area contributed by atoms with E-state index in [1.807, 2.05) is 5.38 Å². The van der Waals surface area contributed by atoms with Crippen LogP contribution >= 0.6 is 22.7 Å². The SMILES string of the molecule is Cc1ccc(-c2csc(CC#N)n2)s1. The van der Waals surface area contributed by atoms with Crippen LogP contribution in [0.1, 0.15) is 9.88 Å². The van der Waals surface area contributed by atoms with E-state index in [1.165, 1.54) is 9.75 Å². The number of hydrogen-bond acceptors (Lipinski definition) is 4. The van der Waals surface area contributed by atoms with Crippen LogP contribution in [-0.4, -0.2) is 4.98 Å². The van der Waals surface area contributed by atoms with E-state index >= 15 is 0 Å². The summed E-state index contributed by atoms with van der Waals surface area (Å²) in [5.41, 5.74) is 0.998. The topological polar surface area (TPSA) is 36.7 Å². The van der Waals surface area contributed by atoms with Crippen LogP contribution in [0.15, 0.2) is 17.5 Å². The van der Waals surface area contributed by atoms with Gasteiger partial charge in [0.25, 0.3) is 0 Å². The van der Waals surface area contributed by atoms with Gasteiger partial charge in [-0.2, -0.15) is 5.26 Å². The molecule has 14 heavy (non-hydrogen) atoms. The van der Waals surface area contributed by atoms with Crippen LogP contribution in [0.3, 0.4) is 0 Å². The van der Waals surface area contributed by atoms with Crippen molar-refractivity contribution in [2.75, 3.05) is 0 Å². The zero-order valence-electron chi connectivity index (χ0n) is 7.65. The number of rotatable bonds is 2. The van der Waals surface area contributed by atoms with Crippen molar-refractivity contribution in [3.8, 4) is 16.6 Å². The minimum Gasteiger partial charge on any atom is -0.239 e. The first kappa shape index (κ1) is 9.38. The first-order valence-corrected chi connectivity index (χ1v) is 5.87. The highest BCUT2D eigenvalue weighted by Crippen LogP contribution is 2.28. The molecule has 0 atom stereocenters. The number of thiophene rings is 1. The van der Waals surface area contributed by atoms with Crippen molar-refractivity contribution in [1.29, 1.82) is 5.26 Å². The van der Waals surface area contributed by atoms with E-state index in [0.29, 0.717) is 6.42 Å². The maximum atomic E-state index is 8.52. The largest absolute Gasteiger partial charge is 0.239 e. The molecule has 0 aliphatic carbocycles. The summed E-state index contributed by atoms with van der Waals surface area (Å²) in [5, 5.41) is 11.4. The first-order chi connectivity index (χ1) is 6.79. The third-order valence-corrected chi connectivity index (χ3v) is 3.65. The third kappa shape index (κ3) is 1.84. The van der Waals surface area contributed by atoms with Gasteiger partial charge in [-0.1, -0.05) is 0 Å². The number of aromatic nitrogens is 1. The Labute approximate surface area is 90.5 Å². The van der Waals surface area contributed by atoms with E-state index < -0.39 is 0 Å². The number of hydrogen-bond donors (Lipinski definition) is 0. The molecule has 0 aliphatic rings. The second-order valence-corrected chi connectivity index (χ2v) is 5.10. The average Bonchev–Trinajstić information content (AvgIpc) is 2.74. The summed E-state index contributed by atoms with van der Waals surface area (Å²) >= 11 is 3.28. The fourth-order valence-electron chi connectivity index (χ4n) is 1.15.